The minimum absolute atomic E-state index is 0.448. The number of hydrogen-bond acceptors (Lipinski definition) is 1. The van der Waals surface area contributed by atoms with Crippen molar-refractivity contribution in [1.82, 2.24) is 0 Å². The third kappa shape index (κ3) is 4.89. The lowest BCUT2D eigenvalue weighted by Crippen LogP contribution is -2.23. The minimum atomic E-state index is -0.525. The Bertz CT molecular complexity index is 108. The van der Waals surface area contributed by atoms with Crippen molar-refractivity contribution in [2.75, 3.05) is 5.88 Å². The molecule has 0 radical (unpaired) electrons. The SMILES string of the molecule is NC(=O)C(Cl)CCCCCl. The zero-order chi connectivity index (χ0) is 7.98. The molecule has 0 aliphatic heterocycles. The van der Waals surface area contributed by atoms with Crippen molar-refractivity contribution >= 4 is 29.1 Å². The monoisotopic (exact) mass is 183 g/mol. The summed E-state index contributed by atoms with van der Waals surface area (Å²) in [7, 11) is 0. The highest BCUT2D eigenvalue weighted by molar-refractivity contribution is 6.30. The molecule has 4 heteroatoms. The molecule has 0 aromatic heterocycles. The van der Waals surface area contributed by atoms with Crippen LogP contribution in [0.15, 0.2) is 0 Å². The van der Waals surface area contributed by atoms with Gasteiger partial charge in [-0.3, -0.25) is 4.79 Å². The molecule has 0 fully saturated rings. The Morgan fingerprint density at radius 2 is 2.10 bits per heavy atom. The van der Waals surface area contributed by atoms with Gasteiger partial charge in [-0.1, -0.05) is 6.42 Å². The number of primary amides is 1. The van der Waals surface area contributed by atoms with Crippen LogP contribution in [0.5, 0.6) is 0 Å². The number of amides is 1. The van der Waals surface area contributed by atoms with E-state index in [-0.39, 0.29) is 0 Å². The van der Waals surface area contributed by atoms with Crippen LogP contribution in [-0.4, -0.2) is 17.2 Å². The minimum Gasteiger partial charge on any atom is -0.368 e. The Hall–Kier alpha value is 0.0500. The Balaban J connectivity index is 3.21. The average Bonchev–Trinajstić information content (AvgIpc) is 1.88. The van der Waals surface area contributed by atoms with E-state index in [1.165, 1.54) is 0 Å². The second-order valence-corrected chi connectivity index (χ2v) is 2.96. The van der Waals surface area contributed by atoms with E-state index in [1.54, 1.807) is 0 Å². The van der Waals surface area contributed by atoms with Gasteiger partial charge in [-0.15, -0.1) is 23.2 Å². The number of nitrogens with two attached hydrogens (primary N) is 1. The van der Waals surface area contributed by atoms with E-state index in [9.17, 15) is 4.79 Å². The molecule has 0 heterocycles. The van der Waals surface area contributed by atoms with Crippen LogP contribution in [0.1, 0.15) is 19.3 Å². The normalized spacial score (nSPS) is 13.0. The first kappa shape index (κ1) is 10.0. The van der Waals surface area contributed by atoms with Crippen molar-refractivity contribution in [2.24, 2.45) is 5.73 Å². The van der Waals surface area contributed by atoms with Crippen LogP contribution in [0.2, 0.25) is 0 Å². The smallest absolute Gasteiger partial charge is 0.235 e. The highest BCUT2D eigenvalue weighted by atomic mass is 35.5. The first-order valence-corrected chi connectivity index (χ1v) is 4.15. The van der Waals surface area contributed by atoms with Crippen molar-refractivity contribution < 1.29 is 4.79 Å². The van der Waals surface area contributed by atoms with Crippen LogP contribution in [0, 0.1) is 0 Å². The summed E-state index contributed by atoms with van der Waals surface area (Å²) in [4.78, 5) is 10.4. The molecule has 0 aliphatic carbocycles. The molecule has 2 nitrogen and oxygen atoms in total. The van der Waals surface area contributed by atoms with Gasteiger partial charge in [0, 0.05) is 5.88 Å². The molecule has 1 unspecified atom stereocenters. The third-order valence-corrected chi connectivity index (χ3v) is 1.85. The van der Waals surface area contributed by atoms with Gasteiger partial charge in [-0.05, 0) is 12.8 Å². The lowest BCUT2D eigenvalue weighted by Gasteiger charge is -2.01. The Kier molecular flexibility index (Phi) is 5.84. The van der Waals surface area contributed by atoms with Crippen molar-refractivity contribution in [1.29, 1.82) is 0 Å². The highest BCUT2D eigenvalue weighted by Gasteiger charge is 2.09. The average molecular weight is 184 g/mol. The second kappa shape index (κ2) is 5.81. The van der Waals surface area contributed by atoms with Crippen LogP contribution >= 0.6 is 23.2 Å². The fourth-order valence-electron chi connectivity index (χ4n) is 0.560. The molecule has 0 aromatic carbocycles. The molecule has 10 heavy (non-hydrogen) atoms. The van der Waals surface area contributed by atoms with E-state index in [0.717, 1.165) is 12.8 Å². The van der Waals surface area contributed by atoms with Crippen LogP contribution < -0.4 is 5.73 Å². The van der Waals surface area contributed by atoms with Crippen molar-refractivity contribution in [3.05, 3.63) is 0 Å². The molecule has 60 valence electrons. The number of alkyl halides is 2. The van der Waals surface area contributed by atoms with Crippen molar-refractivity contribution in [3.8, 4) is 0 Å². The quantitative estimate of drug-likeness (QED) is 0.510. The highest BCUT2D eigenvalue weighted by Crippen LogP contribution is 2.06. The Morgan fingerprint density at radius 3 is 2.50 bits per heavy atom. The van der Waals surface area contributed by atoms with Gasteiger partial charge in [0.25, 0.3) is 0 Å². The van der Waals surface area contributed by atoms with E-state index < -0.39 is 11.3 Å². The molecule has 1 amide bonds. The predicted molar refractivity (Wildman–Crippen MR) is 43.4 cm³/mol. The molecule has 2 N–H and O–H groups in total. The van der Waals surface area contributed by atoms with E-state index >= 15 is 0 Å². The van der Waals surface area contributed by atoms with Gasteiger partial charge in [-0.2, -0.15) is 0 Å². The molecule has 0 saturated heterocycles. The lowest BCUT2D eigenvalue weighted by atomic mass is 10.2. The zero-order valence-corrected chi connectivity index (χ0v) is 7.16. The maximum absolute atomic E-state index is 10.4. The van der Waals surface area contributed by atoms with Gasteiger partial charge < -0.3 is 5.73 Å². The summed E-state index contributed by atoms with van der Waals surface area (Å²) >= 11 is 10.9. The second-order valence-electron chi connectivity index (χ2n) is 2.05. The van der Waals surface area contributed by atoms with Gasteiger partial charge in [0.15, 0.2) is 0 Å². The van der Waals surface area contributed by atoms with E-state index in [2.05, 4.69) is 0 Å². The number of carbonyl (C=O) groups excluding carboxylic acids is 1. The number of rotatable bonds is 5. The topological polar surface area (TPSA) is 43.1 Å². The van der Waals surface area contributed by atoms with Crippen LogP contribution in [0.25, 0.3) is 0 Å². The van der Waals surface area contributed by atoms with Crippen molar-refractivity contribution in [2.45, 2.75) is 24.6 Å². The Labute approximate surface area is 70.7 Å². The van der Waals surface area contributed by atoms with Crippen LogP contribution in [0.4, 0.5) is 0 Å². The van der Waals surface area contributed by atoms with E-state index in [1.807, 2.05) is 0 Å². The Morgan fingerprint density at radius 1 is 1.50 bits per heavy atom. The number of unbranched alkanes of at least 4 members (excludes halogenated alkanes) is 1. The zero-order valence-electron chi connectivity index (χ0n) is 5.65. The van der Waals surface area contributed by atoms with Gasteiger partial charge in [0.05, 0.1) is 0 Å². The summed E-state index contributed by atoms with van der Waals surface area (Å²) in [6.07, 6.45) is 2.38. The van der Waals surface area contributed by atoms with E-state index in [0.29, 0.717) is 12.3 Å². The number of hydrogen-bond donors (Lipinski definition) is 1. The fourth-order valence-corrected chi connectivity index (χ4v) is 0.904. The molecule has 0 spiro atoms. The number of halogens is 2. The van der Waals surface area contributed by atoms with Crippen LogP contribution in [0.3, 0.4) is 0 Å². The first-order chi connectivity index (χ1) is 4.68. The summed E-state index contributed by atoms with van der Waals surface area (Å²) in [5.74, 6) is 0.166. The maximum Gasteiger partial charge on any atom is 0.235 e. The lowest BCUT2D eigenvalue weighted by molar-refractivity contribution is -0.117. The van der Waals surface area contributed by atoms with Gasteiger partial charge in [-0.25, -0.2) is 0 Å². The summed E-state index contributed by atoms with van der Waals surface area (Å²) in [5, 5.41) is -0.525. The molecule has 0 aromatic rings. The molecule has 0 saturated carbocycles. The summed E-state index contributed by atoms with van der Waals surface area (Å²) < 4.78 is 0. The standard InChI is InChI=1S/C6H11Cl2NO/c7-4-2-1-3-5(8)6(9)10/h5H,1-4H2,(H2,9,10). The molecule has 1 atom stereocenters. The third-order valence-electron chi connectivity index (χ3n) is 1.15. The molecular weight excluding hydrogens is 173 g/mol. The number of carbonyl (C=O) groups is 1. The van der Waals surface area contributed by atoms with Gasteiger partial charge in [0.1, 0.15) is 5.38 Å². The molecule has 0 bridgehead atoms. The largest absolute Gasteiger partial charge is 0.368 e. The molecule has 0 rings (SSSR count). The van der Waals surface area contributed by atoms with Crippen LogP contribution in [-0.2, 0) is 4.79 Å². The predicted octanol–water partition coefficient (Wildman–Crippen LogP) is 1.49. The maximum atomic E-state index is 10.4. The van der Waals surface area contributed by atoms with Crippen molar-refractivity contribution in [3.63, 3.8) is 0 Å². The molecular formula is C6H11Cl2NO. The van der Waals surface area contributed by atoms with E-state index in [4.69, 9.17) is 28.9 Å². The van der Waals surface area contributed by atoms with Gasteiger partial charge >= 0.3 is 0 Å². The summed E-state index contributed by atoms with van der Waals surface area (Å²) in [5.41, 5.74) is 4.91. The molecule has 0 aliphatic rings. The summed E-state index contributed by atoms with van der Waals surface area (Å²) in [6.45, 7) is 0. The summed E-state index contributed by atoms with van der Waals surface area (Å²) in [6, 6.07) is 0. The first-order valence-electron chi connectivity index (χ1n) is 3.18. The van der Waals surface area contributed by atoms with Gasteiger partial charge in [0.2, 0.25) is 5.91 Å². The fraction of sp³-hybridized carbons (Fsp3) is 0.833.